The zero-order valence-corrected chi connectivity index (χ0v) is 11.1. The van der Waals surface area contributed by atoms with E-state index in [-0.39, 0.29) is 0 Å². The third-order valence-corrected chi connectivity index (χ3v) is 3.23. The zero-order chi connectivity index (χ0) is 12.3. The number of nitrogens with zero attached hydrogens (tertiary/aromatic N) is 2. The van der Waals surface area contributed by atoms with Crippen LogP contribution >= 0.6 is 11.8 Å². The summed E-state index contributed by atoms with van der Waals surface area (Å²) in [5.41, 5.74) is 1.52. The topological polar surface area (TPSA) is 48.7 Å². The summed E-state index contributed by atoms with van der Waals surface area (Å²) in [6.45, 7) is 0.916. The molecule has 4 heteroatoms. The second-order valence-electron chi connectivity index (χ2n) is 3.87. The van der Waals surface area contributed by atoms with Gasteiger partial charge < -0.3 is 5.32 Å². The molecule has 0 aliphatic rings. The van der Waals surface area contributed by atoms with Crippen molar-refractivity contribution in [2.45, 2.75) is 25.7 Å². The van der Waals surface area contributed by atoms with Gasteiger partial charge in [0, 0.05) is 12.7 Å². The number of nitriles is 1. The van der Waals surface area contributed by atoms with E-state index in [1.54, 1.807) is 18.5 Å². The number of aromatic nitrogens is 1. The maximum Gasteiger partial charge on any atom is 0.101 e. The summed E-state index contributed by atoms with van der Waals surface area (Å²) in [7, 11) is 0. The van der Waals surface area contributed by atoms with E-state index in [9.17, 15) is 0 Å². The molecule has 1 rings (SSSR count). The molecule has 0 aliphatic carbocycles. The molecule has 17 heavy (non-hydrogen) atoms. The second-order valence-corrected chi connectivity index (χ2v) is 4.85. The molecule has 1 N–H and O–H groups in total. The molecule has 0 unspecified atom stereocenters. The van der Waals surface area contributed by atoms with E-state index in [0.717, 1.165) is 18.7 Å². The Kier molecular flexibility index (Phi) is 7.24. The maximum atomic E-state index is 8.90. The van der Waals surface area contributed by atoms with E-state index >= 15 is 0 Å². The highest BCUT2D eigenvalue weighted by molar-refractivity contribution is 7.98. The Labute approximate surface area is 108 Å². The van der Waals surface area contributed by atoms with E-state index < -0.39 is 0 Å². The second kappa shape index (κ2) is 8.89. The van der Waals surface area contributed by atoms with Gasteiger partial charge >= 0.3 is 0 Å². The lowest BCUT2D eigenvalue weighted by molar-refractivity contribution is 0.689. The lowest BCUT2D eigenvalue weighted by Crippen LogP contribution is -2.03. The predicted molar refractivity (Wildman–Crippen MR) is 74.3 cm³/mol. The fourth-order valence-electron chi connectivity index (χ4n) is 1.58. The van der Waals surface area contributed by atoms with Crippen LogP contribution in [-0.2, 0) is 0 Å². The highest BCUT2D eigenvalue weighted by atomic mass is 32.2. The Morgan fingerprint density at radius 1 is 1.35 bits per heavy atom. The van der Waals surface area contributed by atoms with Crippen LogP contribution in [0.25, 0.3) is 0 Å². The first-order chi connectivity index (χ1) is 8.38. The van der Waals surface area contributed by atoms with E-state index in [1.807, 2.05) is 11.8 Å². The SMILES string of the molecule is CSCCCCCCNc1cnccc1C#N. The molecular formula is C13H19N3S. The van der Waals surface area contributed by atoms with Gasteiger partial charge in [0.1, 0.15) is 6.07 Å². The number of rotatable bonds is 8. The van der Waals surface area contributed by atoms with Crippen LogP contribution in [0.5, 0.6) is 0 Å². The predicted octanol–water partition coefficient (Wildman–Crippen LogP) is 3.29. The van der Waals surface area contributed by atoms with Gasteiger partial charge in [-0.2, -0.15) is 17.0 Å². The molecule has 1 aromatic heterocycles. The minimum atomic E-state index is 0.669. The molecule has 0 amide bonds. The molecule has 0 saturated heterocycles. The van der Waals surface area contributed by atoms with Gasteiger partial charge in [-0.15, -0.1) is 0 Å². The molecule has 3 nitrogen and oxygen atoms in total. The molecule has 0 fully saturated rings. The van der Waals surface area contributed by atoms with E-state index in [0.29, 0.717) is 5.56 Å². The summed E-state index contributed by atoms with van der Waals surface area (Å²) in [4.78, 5) is 4.02. The smallest absolute Gasteiger partial charge is 0.101 e. The van der Waals surface area contributed by atoms with Crippen molar-refractivity contribution in [3.8, 4) is 6.07 Å². The van der Waals surface area contributed by atoms with E-state index in [4.69, 9.17) is 5.26 Å². The number of hydrogen-bond donors (Lipinski definition) is 1. The van der Waals surface area contributed by atoms with Crippen molar-refractivity contribution in [1.29, 1.82) is 5.26 Å². The van der Waals surface area contributed by atoms with E-state index in [2.05, 4.69) is 22.6 Å². The third kappa shape index (κ3) is 5.60. The molecule has 0 aliphatic heterocycles. The Hall–Kier alpha value is -1.21. The highest BCUT2D eigenvalue weighted by Crippen LogP contribution is 2.12. The fraction of sp³-hybridized carbons (Fsp3) is 0.538. The lowest BCUT2D eigenvalue weighted by atomic mass is 10.2. The number of pyridine rings is 1. The summed E-state index contributed by atoms with van der Waals surface area (Å²) >= 11 is 1.91. The molecule has 92 valence electrons. The van der Waals surface area contributed by atoms with Gasteiger partial charge in [0.15, 0.2) is 0 Å². The van der Waals surface area contributed by atoms with Crippen molar-refractivity contribution in [3.05, 3.63) is 24.0 Å². The molecule has 1 heterocycles. The van der Waals surface area contributed by atoms with Crippen LogP contribution in [0.2, 0.25) is 0 Å². The van der Waals surface area contributed by atoms with Crippen LogP contribution in [0.15, 0.2) is 18.5 Å². The summed E-state index contributed by atoms with van der Waals surface area (Å²) < 4.78 is 0. The highest BCUT2D eigenvalue weighted by Gasteiger charge is 1.99. The summed E-state index contributed by atoms with van der Waals surface area (Å²) in [5, 5.41) is 12.2. The van der Waals surface area contributed by atoms with Crippen LogP contribution in [0.4, 0.5) is 5.69 Å². The normalized spacial score (nSPS) is 9.88. The van der Waals surface area contributed by atoms with Gasteiger partial charge in [0.25, 0.3) is 0 Å². The number of thioether (sulfide) groups is 1. The van der Waals surface area contributed by atoms with Crippen molar-refractivity contribution in [2.75, 3.05) is 23.9 Å². The minimum absolute atomic E-state index is 0.669. The number of nitrogens with one attached hydrogen (secondary N) is 1. The standard InChI is InChI=1S/C13H19N3S/c1-17-9-5-3-2-4-7-16-13-11-15-8-6-12(13)10-14/h6,8,11,16H,2-5,7,9H2,1H3. The van der Waals surface area contributed by atoms with Gasteiger partial charge in [0.05, 0.1) is 17.4 Å². The largest absolute Gasteiger partial charge is 0.383 e. The van der Waals surface area contributed by atoms with Gasteiger partial charge in [0.2, 0.25) is 0 Å². The molecule has 0 bridgehead atoms. The first kappa shape index (κ1) is 13.9. The van der Waals surface area contributed by atoms with E-state index in [1.165, 1.54) is 25.0 Å². The summed E-state index contributed by atoms with van der Waals surface area (Å²) in [6, 6.07) is 3.90. The summed E-state index contributed by atoms with van der Waals surface area (Å²) in [6.07, 6.45) is 10.5. The Morgan fingerprint density at radius 2 is 2.18 bits per heavy atom. The molecule has 1 aromatic rings. The first-order valence-corrected chi connectivity index (χ1v) is 7.35. The average Bonchev–Trinajstić information content (AvgIpc) is 2.38. The molecule has 0 atom stereocenters. The molecule has 0 saturated carbocycles. The Bertz CT molecular complexity index is 360. The average molecular weight is 249 g/mol. The molecule has 0 radical (unpaired) electrons. The van der Waals surface area contributed by atoms with Crippen LogP contribution in [0, 0.1) is 11.3 Å². The van der Waals surface area contributed by atoms with Crippen LogP contribution < -0.4 is 5.32 Å². The van der Waals surface area contributed by atoms with Crippen molar-refractivity contribution in [3.63, 3.8) is 0 Å². The Morgan fingerprint density at radius 3 is 2.94 bits per heavy atom. The van der Waals surface area contributed by atoms with Crippen LogP contribution in [0.3, 0.4) is 0 Å². The fourth-order valence-corrected chi connectivity index (χ4v) is 2.07. The van der Waals surface area contributed by atoms with Crippen LogP contribution in [0.1, 0.15) is 31.2 Å². The van der Waals surface area contributed by atoms with Crippen molar-refractivity contribution in [2.24, 2.45) is 0 Å². The minimum Gasteiger partial charge on any atom is -0.383 e. The number of unbranched alkanes of at least 4 members (excludes halogenated alkanes) is 3. The van der Waals surface area contributed by atoms with Gasteiger partial charge in [-0.3, -0.25) is 4.98 Å². The van der Waals surface area contributed by atoms with Crippen molar-refractivity contribution in [1.82, 2.24) is 4.98 Å². The maximum absolute atomic E-state index is 8.90. The monoisotopic (exact) mass is 249 g/mol. The van der Waals surface area contributed by atoms with Gasteiger partial charge in [-0.25, -0.2) is 0 Å². The third-order valence-electron chi connectivity index (χ3n) is 2.53. The summed E-state index contributed by atoms with van der Waals surface area (Å²) in [5.74, 6) is 1.26. The first-order valence-electron chi connectivity index (χ1n) is 5.95. The molecular weight excluding hydrogens is 230 g/mol. The zero-order valence-electron chi connectivity index (χ0n) is 10.3. The molecule has 0 spiro atoms. The quantitative estimate of drug-likeness (QED) is 0.718. The number of hydrogen-bond acceptors (Lipinski definition) is 4. The van der Waals surface area contributed by atoms with Crippen molar-refractivity contribution >= 4 is 17.4 Å². The molecule has 0 aromatic carbocycles. The van der Waals surface area contributed by atoms with Gasteiger partial charge in [-0.05, 0) is 30.9 Å². The van der Waals surface area contributed by atoms with Gasteiger partial charge in [-0.1, -0.05) is 12.8 Å². The van der Waals surface area contributed by atoms with Crippen LogP contribution in [-0.4, -0.2) is 23.5 Å². The lowest BCUT2D eigenvalue weighted by Gasteiger charge is -2.06. The van der Waals surface area contributed by atoms with Crippen molar-refractivity contribution < 1.29 is 0 Å². The Balaban J connectivity index is 2.16. The number of anilines is 1.